The van der Waals surface area contributed by atoms with Gasteiger partial charge in [-0.1, -0.05) is 0 Å². The summed E-state index contributed by atoms with van der Waals surface area (Å²) in [7, 11) is 1.25. The molecular weight excluding hydrogens is 214 g/mol. The number of rotatable bonds is 4. The second-order valence-corrected chi connectivity index (χ2v) is 3.04. The molecule has 0 bridgehead atoms. The number of aldehydes is 1. The zero-order chi connectivity index (χ0) is 12.3. The molecule has 0 aliphatic rings. The van der Waals surface area contributed by atoms with Crippen LogP contribution in [0.5, 0.6) is 5.75 Å². The van der Waals surface area contributed by atoms with Crippen molar-refractivity contribution in [2.45, 2.75) is 6.92 Å². The van der Waals surface area contributed by atoms with E-state index in [1.165, 1.54) is 20.1 Å². The number of hydrogen-bond acceptors (Lipinski definition) is 5. The van der Waals surface area contributed by atoms with Gasteiger partial charge in [0.05, 0.1) is 12.0 Å². The molecule has 6 nitrogen and oxygen atoms in total. The third-order valence-corrected chi connectivity index (χ3v) is 2.05. The van der Waals surface area contributed by atoms with Crippen molar-refractivity contribution in [2.24, 2.45) is 0 Å². The Morgan fingerprint density at radius 3 is 2.50 bits per heavy atom. The van der Waals surface area contributed by atoms with Crippen molar-refractivity contribution in [1.82, 2.24) is 0 Å². The molecule has 1 aromatic rings. The van der Waals surface area contributed by atoms with Crippen molar-refractivity contribution in [3.63, 3.8) is 0 Å². The van der Waals surface area contributed by atoms with Crippen LogP contribution in [-0.2, 0) is 0 Å². The van der Waals surface area contributed by atoms with Gasteiger partial charge in [-0.15, -0.1) is 0 Å². The van der Waals surface area contributed by atoms with Crippen LogP contribution in [0.4, 0.5) is 5.69 Å². The molecule has 0 N–H and O–H groups in total. The lowest BCUT2D eigenvalue weighted by molar-refractivity contribution is -0.385. The summed E-state index contributed by atoms with van der Waals surface area (Å²) >= 11 is 0. The number of carbonyl (C=O) groups excluding carboxylic acids is 2. The van der Waals surface area contributed by atoms with Gasteiger partial charge >= 0.3 is 5.69 Å². The summed E-state index contributed by atoms with van der Waals surface area (Å²) in [5.74, 6) is -0.454. The predicted molar refractivity (Wildman–Crippen MR) is 55.0 cm³/mol. The van der Waals surface area contributed by atoms with Crippen LogP contribution in [0.2, 0.25) is 0 Å². The summed E-state index contributed by atoms with van der Waals surface area (Å²) in [4.78, 5) is 31.9. The summed E-state index contributed by atoms with van der Waals surface area (Å²) in [6.45, 7) is 1.23. The highest BCUT2D eigenvalue weighted by molar-refractivity contribution is 6.02. The number of benzene rings is 1. The number of methoxy groups -OCH3 is 1. The second-order valence-electron chi connectivity index (χ2n) is 3.04. The minimum Gasteiger partial charge on any atom is -0.490 e. The first-order valence-electron chi connectivity index (χ1n) is 4.33. The van der Waals surface area contributed by atoms with Gasteiger partial charge in [0.15, 0.2) is 17.8 Å². The molecule has 0 radical (unpaired) electrons. The van der Waals surface area contributed by atoms with E-state index >= 15 is 0 Å². The van der Waals surface area contributed by atoms with Crippen LogP contribution < -0.4 is 4.74 Å². The SMILES string of the molecule is COc1cc(C=O)c(C(C)=O)cc1[N+](=O)[O-]. The summed E-state index contributed by atoms with van der Waals surface area (Å²) < 4.78 is 4.77. The Balaban J connectivity index is 3.52. The Labute approximate surface area is 91.0 Å². The molecule has 6 heteroatoms. The maximum atomic E-state index is 11.2. The van der Waals surface area contributed by atoms with Gasteiger partial charge in [-0.05, 0) is 13.0 Å². The lowest BCUT2D eigenvalue weighted by atomic mass is 10.0. The standard InChI is InChI=1S/C10H9NO5/c1-6(13)8-4-9(11(14)15)10(16-2)3-7(8)5-12/h3-5H,1-2H3. The number of Topliss-reactive ketones (excluding diaryl/α,β-unsaturated/α-hetero) is 1. The number of hydrogen-bond donors (Lipinski definition) is 0. The molecule has 0 aliphatic carbocycles. The molecule has 16 heavy (non-hydrogen) atoms. The van der Waals surface area contributed by atoms with Gasteiger partial charge < -0.3 is 4.74 Å². The van der Waals surface area contributed by atoms with E-state index in [2.05, 4.69) is 0 Å². The van der Waals surface area contributed by atoms with Crippen molar-refractivity contribution in [3.05, 3.63) is 33.4 Å². The molecule has 0 unspecified atom stereocenters. The molecule has 0 aliphatic heterocycles. The van der Waals surface area contributed by atoms with Crippen LogP contribution in [0.1, 0.15) is 27.6 Å². The van der Waals surface area contributed by atoms with Gasteiger partial charge in [-0.25, -0.2) is 0 Å². The van der Waals surface area contributed by atoms with Crippen LogP contribution in [0.3, 0.4) is 0 Å². The van der Waals surface area contributed by atoms with Crippen LogP contribution >= 0.6 is 0 Å². The first-order valence-corrected chi connectivity index (χ1v) is 4.33. The minimum atomic E-state index is -0.667. The number of nitro benzene ring substituents is 1. The fourth-order valence-electron chi connectivity index (χ4n) is 1.29. The van der Waals surface area contributed by atoms with Crippen molar-refractivity contribution >= 4 is 17.8 Å². The summed E-state index contributed by atoms with van der Waals surface area (Å²) in [6, 6.07) is 2.23. The zero-order valence-corrected chi connectivity index (χ0v) is 8.72. The molecule has 0 saturated carbocycles. The predicted octanol–water partition coefficient (Wildman–Crippen LogP) is 1.62. The van der Waals surface area contributed by atoms with E-state index in [1.807, 2.05) is 0 Å². The quantitative estimate of drug-likeness (QED) is 0.335. The van der Waals surface area contributed by atoms with E-state index in [0.717, 1.165) is 6.07 Å². The zero-order valence-electron chi connectivity index (χ0n) is 8.72. The molecule has 1 rings (SSSR count). The Hall–Kier alpha value is -2.24. The largest absolute Gasteiger partial charge is 0.490 e. The van der Waals surface area contributed by atoms with Crippen molar-refractivity contribution in [3.8, 4) is 5.75 Å². The molecular formula is C10H9NO5. The fourth-order valence-corrected chi connectivity index (χ4v) is 1.29. The van der Waals surface area contributed by atoms with Crippen molar-refractivity contribution in [2.75, 3.05) is 7.11 Å². The smallest absolute Gasteiger partial charge is 0.311 e. The molecule has 0 heterocycles. The average molecular weight is 223 g/mol. The Morgan fingerprint density at radius 2 is 2.12 bits per heavy atom. The molecule has 0 amide bonds. The summed E-state index contributed by atoms with van der Waals surface area (Å²) in [5, 5.41) is 10.7. The average Bonchev–Trinajstić information content (AvgIpc) is 2.26. The van der Waals surface area contributed by atoms with E-state index in [-0.39, 0.29) is 22.6 Å². The second kappa shape index (κ2) is 4.52. The van der Waals surface area contributed by atoms with Crippen LogP contribution in [0.25, 0.3) is 0 Å². The van der Waals surface area contributed by atoms with Crippen molar-refractivity contribution in [1.29, 1.82) is 0 Å². The molecule has 1 aromatic carbocycles. The van der Waals surface area contributed by atoms with E-state index in [4.69, 9.17) is 4.74 Å². The van der Waals surface area contributed by atoms with E-state index in [1.54, 1.807) is 0 Å². The van der Waals surface area contributed by atoms with Crippen molar-refractivity contribution < 1.29 is 19.2 Å². The minimum absolute atomic E-state index is 0.0162. The molecule has 0 saturated heterocycles. The normalized spacial score (nSPS) is 9.62. The number of ketones is 1. The molecule has 0 fully saturated rings. The highest BCUT2D eigenvalue weighted by Gasteiger charge is 2.20. The van der Waals surface area contributed by atoms with Gasteiger partial charge in [0.25, 0.3) is 0 Å². The van der Waals surface area contributed by atoms with Gasteiger partial charge in [-0.3, -0.25) is 19.7 Å². The van der Waals surface area contributed by atoms with Crippen LogP contribution in [-0.4, -0.2) is 24.1 Å². The lowest BCUT2D eigenvalue weighted by Gasteiger charge is -2.05. The Bertz CT molecular complexity index is 467. The highest BCUT2D eigenvalue weighted by Crippen LogP contribution is 2.29. The van der Waals surface area contributed by atoms with Gasteiger partial charge in [0.2, 0.25) is 0 Å². The van der Waals surface area contributed by atoms with Gasteiger partial charge in [-0.2, -0.15) is 0 Å². The highest BCUT2D eigenvalue weighted by atomic mass is 16.6. The first kappa shape index (κ1) is 11.8. The maximum absolute atomic E-state index is 11.2. The monoisotopic (exact) mass is 223 g/mol. The third kappa shape index (κ3) is 2.05. The van der Waals surface area contributed by atoms with E-state index in [9.17, 15) is 19.7 Å². The number of carbonyl (C=O) groups is 2. The summed E-state index contributed by atoms with van der Waals surface area (Å²) in [5.41, 5.74) is -0.240. The molecule has 84 valence electrons. The van der Waals surface area contributed by atoms with Crippen LogP contribution in [0, 0.1) is 10.1 Å². The summed E-state index contributed by atoms with van der Waals surface area (Å²) in [6.07, 6.45) is 0.461. The number of ether oxygens (including phenoxy) is 1. The molecule has 0 atom stereocenters. The maximum Gasteiger partial charge on any atom is 0.311 e. The topological polar surface area (TPSA) is 86.5 Å². The fraction of sp³-hybridized carbons (Fsp3) is 0.200. The first-order chi connectivity index (χ1) is 7.51. The third-order valence-electron chi connectivity index (χ3n) is 2.05. The van der Waals surface area contributed by atoms with E-state index in [0.29, 0.717) is 6.29 Å². The van der Waals surface area contributed by atoms with Gasteiger partial charge in [0.1, 0.15) is 0 Å². The number of nitro groups is 1. The Kier molecular flexibility index (Phi) is 3.34. The van der Waals surface area contributed by atoms with E-state index < -0.39 is 10.7 Å². The van der Waals surface area contributed by atoms with Crippen LogP contribution in [0.15, 0.2) is 12.1 Å². The van der Waals surface area contributed by atoms with Gasteiger partial charge in [0, 0.05) is 17.2 Å². The Morgan fingerprint density at radius 1 is 1.50 bits per heavy atom. The lowest BCUT2D eigenvalue weighted by Crippen LogP contribution is -2.03. The molecule has 0 spiro atoms. The molecule has 0 aromatic heterocycles. The number of nitrogens with zero attached hydrogens (tertiary/aromatic N) is 1.